The standard InChI is InChI=1S/C13H26N2O2/c1-5-8-11-14-13(4,6-2)12(16)15(11)9-10-17-7-3/h11,14H,5-10H2,1-4H3. The van der Waals surface area contributed by atoms with Crippen LogP contribution in [0.5, 0.6) is 0 Å². The van der Waals surface area contributed by atoms with Gasteiger partial charge in [-0.15, -0.1) is 0 Å². The summed E-state index contributed by atoms with van der Waals surface area (Å²) in [6.07, 6.45) is 3.10. The van der Waals surface area contributed by atoms with Gasteiger partial charge in [-0.05, 0) is 26.7 Å². The van der Waals surface area contributed by atoms with E-state index in [0.717, 1.165) is 19.3 Å². The number of carbonyl (C=O) groups is 1. The molecular formula is C13H26N2O2. The van der Waals surface area contributed by atoms with Crippen LogP contribution in [0, 0.1) is 0 Å². The third-order valence-electron chi connectivity index (χ3n) is 3.54. The van der Waals surface area contributed by atoms with Gasteiger partial charge in [0.15, 0.2) is 0 Å². The average Bonchev–Trinajstić information content (AvgIpc) is 2.55. The van der Waals surface area contributed by atoms with Gasteiger partial charge in [0.2, 0.25) is 5.91 Å². The fourth-order valence-electron chi connectivity index (χ4n) is 2.29. The van der Waals surface area contributed by atoms with E-state index in [1.807, 2.05) is 18.7 Å². The molecule has 1 aliphatic heterocycles. The molecule has 0 radical (unpaired) electrons. The van der Waals surface area contributed by atoms with Crippen molar-refractivity contribution in [2.75, 3.05) is 19.8 Å². The number of nitrogens with one attached hydrogen (secondary N) is 1. The molecule has 1 N–H and O–H groups in total. The van der Waals surface area contributed by atoms with Gasteiger partial charge in [0.1, 0.15) is 0 Å². The topological polar surface area (TPSA) is 41.6 Å². The number of hydrogen-bond donors (Lipinski definition) is 1. The van der Waals surface area contributed by atoms with Crippen LogP contribution >= 0.6 is 0 Å². The average molecular weight is 242 g/mol. The first-order valence-corrected chi connectivity index (χ1v) is 6.75. The second-order valence-corrected chi connectivity index (χ2v) is 4.83. The molecule has 1 fully saturated rings. The minimum absolute atomic E-state index is 0.179. The number of hydrogen-bond acceptors (Lipinski definition) is 3. The van der Waals surface area contributed by atoms with E-state index in [9.17, 15) is 4.79 Å². The molecule has 17 heavy (non-hydrogen) atoms. The Morgan fingerprint density at radius 2 is 2.12 bits per heavy atom. The molecule has 4 heteroatoms. The lowest BCUT2D eigenvalue weighted by Gasteiger charge is -2.23. The van der Waals surface area contributed by atoms with E-state index in [2.05, 4.69) is 19.2 Å². The zero-order valence-corrected chi connectivity index (χ0v) is 11.6. The van der Waals surface area contributed by atoms with Crippen molar-refractivity contribution in [3.05, 3.63) is 0 Å². The second-order valence-electron chi connectivity index (χ2n) is 4.83. The summed E-state index contributed by atoms with van der Waals surface area (Å²) >= 11 is 0. The molecular weight excluding hydrogens is 216 g/mol. The van der Waals surface area contributed by atoms with Crippen LogP contribution in [0.3, 0.4) is 0 Å². The summed E-state index contributed by atoms with van der Waals surface area (Å²) in [5.41, 5.74) is -0.383. The number of carbonyl (C=O) groups excluding carboxylic acids is 1. The lowest BCUT2D eigenvalue weighted by atomic mass is 9.99. The predicted octanol–water partition coefficient (Wildman–Crippen LogP) is 1.75. The maximum atomic E-state index is 12.3. The SMILES string of the molecule is CCCC1NC(C)(CC)C(=O)N1CCOCC. The monoisotopic (exact) mass is 242 g/mol. The van der Waals surface area contributed by atoms with Crippen molar-refractivity contribution in [2.45, 2.75) is 58.7 Å². The van der Waals surface area contributed by atoms with Crippen molar-refractivity contribution in [1.29, 1.82) is 0 Å². The van der Waals surface area contributed by atoms with E-state index >= 15 is 0 Å². The largest absolute Gasteiger partial charge is 0.380 e. The van der Waals surface area contributed by atoms with Gasteiger partial charge in [-0.2, -0.15) is 0 Å². The maximum absolute atomic E-state index is 12.3. The molecule has 0 aliphatic carbocycles. The minimum atomic E-state index is -0.383. The van der Waals surface area contributed by atoms with Crippen molar-refractivity contribution in [3.63, 3.8) is 0 Å². The zero-order chi connectivity index (χ0) is 12.9. The van der Waals surface area contributed by atoms with Gasteiger partial charge in [-0.3, -0.25) is 10.1 Å². The third kappa shape index (κ3) is 3.19. The van der Waals surface area contributed by atoms with Crippen LogP contribution < -0.4 is 5.32 Å². The van der Waals surface area contributed by atoms with Crippen molar-refractivity contribution >= 4 is 5.91 Å². The predicted molar refractivity (Wildman–Crippen MR) is 68.7 cm³/mol. The Kier molecular flexibility index (Phi) is 5.40. The first kappa shape index (κ1) is 14.5. The lowest BCUT2D eigenvalue weighted by Crippen LogP contribution is -2.43. The quantitative estimate of drug-likeness (QED) is 0.692. The van der Waals surface area contributed by atoms with Crippen LogP contribution in [-0.2, 0) is 9.53 Å². The molecule has 2 unspecified atom stereocenters. The molecule has 0 bridgehead atoms. The van der Waals surface area contributed by atoms with E-state index in [4.69, 9.17) is 4.74 Å². The Morgan fingerprint density at radius 3 is 2.65 bits per heavy atom. The zero-order valence-electron chi connectivity index (χ0n) is 11.6. The highest BCUT2D eigenvalue weighted by Crippen LogP contribution is 2.25. The molecule has 0 aromatic rings. The van der Waals surface area contributed by atoms with Crippen LogP contribution in [0.25, 0.3) is 0 Å². The molecule has 0 aromatic carbocycles. The lowest BCUT2D eigenvalue weighted by molar-refractivity contribution is -0.133. The molecule has 0 saturated carbocycles. The summed E-state index contributed by atoms with van der Waals surface area (Å²) < 4.78 is 5.35. The van der Waals surface area contributed by atoms with Gasteiger partial charge in [-0.1, -0.05) is 20.3 Å². The van der Waals surface area contributed by atoms with Crippen molar-refractivity contribution in [2.24, 2.45) is 0 Å². The number of amides is 1. The molecule has 1 saturated heterocycles. The smallest absolute Gasteiger partial charge is 0.243 e. The molecule has 0 aromatic heterocycles. The van der Waals surface area contributed by atoms with Gasteiger partial charge < -0.3 is 9.64 Å². The van der Waals surface area contributed by atoms with Crippen LogP contribution in [-0.4, -0.2) is 42.3 Å². The van der Waals surface area contributed by atoms with Crippen LogP contribution in [0.1, 0.15) is 47.0 Å². The van der Waals surface area contributed by atoms with Gasteiger partial charge >= 0.3 is 0 Å². The first-order chi connectivity index (χ1) is 8.09. The molecule has 0 spiro atoms. The summed E-state index contributed by atoms with van der Waals surface area (Å²) in [7, 11) is 0. The van der Waals surface area contributed by atoms with E-state index in [-0.39, 0.29) is 17.6 Å². The minimum Gasteiger partial charge on any atom is -0.380 e. The number of ether oxygens (including phenoxy) is 1. The van der Waals surface area contributed by atoms with Crippen molar-refractivity contribution in [1.82, 2.24) is 10.2 Å². The Hall–Kier alpha value is -0.610. The van der Waals surface area contributed by atoms with Gasteiger partial charge in [0.25, 0.3) is 0 Å². The Balaban J connectivity index is 2.65. The van der Waals surface area contributed by atoms with Gasteiger partial charge in [0.05, 0.1) is 18.3 Å². The fourth-order valence-corrected chi connectivity index (χ4v) is 2.29. The summed E-state index contributed by atoms with van der Waals surface area (Å²) in [6, 6.07) is 0. The van der Waals surface area contributed by atoms with Crippen LogP contribution in [0.15, 0.2) is 0 Å². The molecule has 1 rings (SSSR count). The molecule has 1 heterocycles. The van der Waals surface area contributed by atoms with E-state index in [1.165, 1.54) is 0 Å². The summed E-state index contributed by atoms with van der Waals surface area (Å²) in [4.78, 5) is 14.3. The Morgan fingerprint density at radius 1 is 1.41 bits per heavy atom. The fraction of sp³-hybridized carbons (Fsp3) is 0.923. The van der Waals surface area contributed by atoms with Crippen molar-refractivity contribution in [3.8, 4) is 0 Å². The molecule has 2 atom stereocenters. The van der Waals surface area contributed by atoms with E-state index < -0.39 is 0 Å². The summed E-state index contributed by atoms with van der Waals surface area (Å²) in [6.45, 7) is 10.2. The number of rotatable bonds is 7. The molecule has 1 aliphatic rings. The van der Waals surface area contributed by atoms with E-state index in [0.29, 0.717) is 19.8 Å². The molecule has 4 nitrogen and oxygen atoms in total. The molecule has 100 valence electrons. The Bertz CT molecular complexity index is 258. The maximum Gasteiger partial charge on any atom is 0.243 e. The van der Waals surface area contributed by atoms with Crippen LogP contribution in [0.2, 0.25) is 0 Å². The third-order valence-corrected chi connectivity index (χ3v) is 3.54. The normalized spacial score (nSPS) is 29.1. The van der Waals surface area contributed by atoms with Gasteiger partial charge in [-0.25, -0.2) is 0 Å². The van der Waals surface area contributed by atoms with Gasteiger partial charge in [0, 0.05) is 13.2 Å². The highest BCUT2D eigenvalue weighted by atomic mass is 16.5. The Labute approximate surface area is 105 Å². The highest BCUT2D eigenvalue weighted by molar-refractivity contribution is 5.88. The highest BCUT2D eigenvalue weighted by Gasteiger charge is 2.45. The summed E-state index contributed by atoms with van der Waals surface area (Å²) in [5.74, 6) is 0.221. The van der Waals surface area contributed by atoms with E-state index in [1.54, 1.807) is 0 Å². The summed E-state index contributed by atoms with van der Waals surface area (Å²) in [5, 5.41) is 3.47. The molecule has 1 amide bonds. The number of nitrogens with zero attached hydrogens (tertiary/aromatic N) is 1. The first-order valence-electron chi connectivity index (χ1n) is 6.75. The van der Waals surface area contributed by atoms with Crippen molar-refractivity contribution < 1.29 is 9.53 Å². The second kappa shape index (κ2) is 6.36. The van der Waals surface area contributed by atoms with Crippen LogP contribution in [0.4, 0.5) is 0 Å².